The van der Waals surface area contributed by atoms with Crippen molar-refractivity contribution in [1.82, 2.24) is 4.98 Å². The van der Waals surface area contributed by atoms with E-state index in [0.717, 1.165) is 12.1 Å². The summed E-state index contributed by atoms with van der Waals surface area (Å²) >= 11 is 0. The van der Waals surface area contributed by atoms with Crippen molar-refractivity contribution in [3.05, 3.63) is 23.4 Å². The second-order valence-corrected chi connectivity index (χ2v) is 4.05. The molecule has 0 bridgehead atoms. The first-order valence-corrected chi connectivity index (χ1v) is 5.92. The summed E-state index contributed by atoms with van der Waals surface area (Å²) < 4.78 is 48.2. The number of nitrogens with one attached hydrogen (secondary N) is 1. The third-order valence-electron chi connectivity index (χ3n) is 2.31. The molecule has 0 aliphatic carbocycles. The molecule has 1 heterocycles. The molecule has 1 aromatic heterocycles. The normalized spacial score (nSPS) is 13.1. The molecule has 0 aliphatic rings. The molecule has 1 unspecified atom stereocenters. The summed E-state index contributed by atoms with van der Waals surface area (Å²) in [7, 11) is 0. The Morgan fingerprint density at radius 3 is 2.60 bits per heavy atom. The standard InChI is InChI=1S/C12H16F3N3O2/c1-3-19-6-7(2)20-11-8(10(16)17)4-5-9(18-11)12(13,14)15/h4-5,7H,3,6H2,1-2H3,(H3,16,17). The van der Waals surface area contributed by atoms with Crippen LogP contribution in [0.2, 0.25) is 0 Å². The van der Waals surface area contributed by atoms with E-state index in [4.69, 9.17) is 20.6 Å². The number of hydrogen-bond acceptors (Lipinski definition) is 4. The van der Waals surface area contributed by atoms with E-state index >= 15 is 0 Å². The van der Waals surface area contributed by atoms with Gasteiger partial charge < -0.3 is 15.2 Å². The number of amidine groups is 1. The van der Waals surface area contributed by atoms with Gasteiger partial charge in [-0.2, -0.15) is 13.2 Å². The fourth-order valence-electron chi connectivity index (χ4n) is 1.40. The zero-order chi connectivity index (χ0) is 15.3. The number of halogens is 3. The van der Waals surface area contributed by atoms with Crippen molar-refractivity contribution in [2.75, 3.05) is 13.2 Å². The van der Waals surface area contributed by atoms with Crippen LogP contribution >= 0.6 is 0 Å². The Hall–Kier alpha value is -1.83. The third-order valence-corrected chi connectivity index (χ3v) is 2.31. The molecule has 8 heteroatoms. The molecule has 0 fully saturated rings. The van der Waals surface area contributed by atoms with Gasteiger partial charge in [0, 0.05) is 6.61 Å². The summed E-state index contributed by atoms with van der Waals surface area (Å²) in [5, 5.41) is 7.33. The molecular weight excluding hydrogens is 275 g/mol. The number of pyridine rings is 1. The van der Waals surface area contributed by atoms with Crippen LogP contribution in [0, 0.1) is 5.41 Å². The van der Waals surface area contributed by atoms with Crippen LogP contribution in [0.3, 0.4) is 0 Å². The van der Waals surface area contributed by atoms with Crippen molar-refractivity contribution in [3.63, 3.8) is 0 Å². The fourth-order valence-corrected chi connectivity index (χ4v) is 1.40. The second kappa shape index (κ2) is 6.56. The molecule has 0 aromatic carbocycles. The van der Waals surface area contributed by atoms with Gasteiger partial charge in [-0.05, 0) is 26.0 Å². The predicted molar refractivity (Wildman–Crippen MR) is 66.8 cm³/mol. The van der Waals surface area contributed by atoms with E-state index < -0.39 is 23.8 Å². The van der Waals surface area contributed by atoms with E-state index in [0.29, 0.717) is 6.61 Å². The first-order valence-electron chi connectivity index (χ1n) is 5.92. The first-order chi connectivity index (χ1) is 9.25. The molecule has 0 radical (unpaired) electrons. The molecule has 0 spiro atoms. The highest BCUT2D eigenvalue weighted by atomic mass is 19.4. The van der Waals surface area contributed by atoms with E-state index in [1.807, 2.05) is 0 Å². The summed E-state index contributed by atoms with van der Waals surface area (Å²) in [4.78, 5) is 3.39. The molecule has 0 saturated heterocycles. The molecule has 1 atom stereocenters. The van der Waals surface area contributed by atoms with Gasteiger partial charge in [-0.15, -0.1) is 0 Å². The van der Waals surface area contributed by atoms with E-state index in [1.165, 1.54) is 0 Å². The van der Waals surface area contributed by atoms with Crippen molar-refractivity contribution in [1.29, 1.82) is 5.41 Å². The molecule has 112 valence electrons. The van der Waals surface area contributed by atoms with Gasteiger partial charge in [0.25, 0.3) is 0 Å². The Morgan fingerprint density at radius 1 is 1.45 bits per heavy atom. The Balaban J connectivity index is 3.03. The van der Waals surface area contributed by atoms with Gasteiger partial charge in [0.15, 0.2) is 0 Å². The lowest BCUT2D eigenvalue weighted by atomic mass is 10.2. The number of nitrogens with zero attached hydrogens (tertiary/aromatic N) is 1. The van der Waals surface area contributed by atoms with E-state index in [2.05, 4.69) is 4.98 Å². The lowest BCUT2D eigenvalue weighted by molar-refractivity contribution is -0.141. The third kappa shape index (κ3) is 4.37. The quantitative estimate of drug-likeness (QED) is 0.622. The number of hydrogen-bond donors (Lipinski definition) is 2. The zero-order valence-electron chi connectivity index (χ0n) is 11.1. The Morgan fingerprint density at radius 2 is 2.10 bits per heavy atom. The minimum Gasteiger partial charge on any atom is -0.472 e. The minimum atomic E-state index is -4.59. The smallest absolute Gasteiger partial charge is 0.433 e. The van der Waals surface area contributed by atoms with Crippen LogP contribution in [0.5, 0.6) is 5.88 Å². The molecular formula is C12H16F3N3O2. The van der Waals surface area contributed by atoms with Crippen molar-refractivity contribution >= 4 is 5.84 Å². The maximum absolute atomic E-state index is 12.6. The van der Waals surface area contributed by atoms with Crippen LogP contribution in [0.1, 0.15) is 25.1 Å². The molecule has 0 amide bonds. The van der Waals surface area contributed by atoms with E-state index in [9.17, 15) is 13.2 Å². The van der Waals surface area contributed by atoms with Gasteiger partial charge in [0.1, 0.15) is 17.6 Å². The summed E-state index contributed by atoms with van der Waals surface area (Å²) in [6, 6.07) is 1.83. The van der Waals surface area contributed by atoms with Crippen molar-refractivity contribution in [2.24, 2.45) is 5.73 Å². The second-order valence-electron chi connectivity index (χ2n) is 4.05. The van der Waals surface area contributed by atoms with Crippen LogP contribution in [-0.4, -0.2) is 30.1 Å². The maximum Gasteiger partial charge on any atom is 0.433 e. The summed E-state index contributed by atoms with van der Waals surface area (Å²) in [5.74, 6) is -0.732. The van der Waals surface area contributed by atoms with Gasteiger partial charge in [0.05, 0.1) is 12.2 Å². The highest BCUT2D eigenvalue weighted by Gasteiger charge is 2.33. The number of aromatic nitrogens is 1. The van der Waals surface area contributed by atoms with Gasteiger partial charge in [-0.1, -0.05) is 0 Å². The van der Waals surface area contributed by atoms with Crippen molar-refractivity contribution in [3.8, 4) is 5.88 Å². The molecule has 3 N–H and O–H groups in total. The van der Waals surface area contributed by atoms with Gasteiger partial charge in [-0.3, -0.25) is 5.41 Å². The molecule has 0 aliphatic heterocycles. The van der Waals surface area contributed by atoms with Crippen LogP contribution in [-0.2, 0) is 10.9 Å². The minimum absolute atomic E-state index is 0.0151. The number of nitrogen functional groups attached to an aromatic ring is 1. The SMILES string of the molecule is CCOCC(C)Oc1nc(C(F)(F)F)ccc1C(=N)N. The molecule has 20 heavy (non-hydrogen) atoms. The van der Waals surface area contributed by atoms with Crippen LogP contribution in [0.4, 0.5) is 13.2 Å². The van der Waals surface area contributed by atoms with Crippen molar-refractivity contribution < 1.29 is 22.6 Å². The topological polar surface area (TPSA) is 81.2 Å². The number of alkyl halides is 3. The molecule has 5 nitrogen and oxygen atoms in total. The first kappa shape index (κ1) is 16.2. The lowest BCUT2D eigenvalue weighted by Crippen LogP contribution is -2.23. The van der Waals surface area contributed by atoms with E-state index in [-0.39, 0.29) is 18.1 Å². The monoisotopic (exact) mass is 291 g/mol. The molecule has 1 rings (SSSR count). The highest BCUT2D eigenvalue weighted by molar-refractivity contribution is 5.97. The van der Waals surface area contributed by atoms with Gasteiger partial charge in [0.2, 0.25) is 5.88 Å². The molecule has 0 saturated carbocycles. The Kier molecular flexibility index (Phi) is 5.32. The average molecular weight is 291 g/mol. The Bertz CT molecular complexity index is 478. The van der Waals surface area contributed by atoms with E-state index in [1.54, 1.807) is 13.8 Å². The fraction of sp³-hybridized carbons (Fsp3) is 0.500. The molecule has 1 aromatic rings. The zero-order valence-corrected chi connectivity index (χ0v) is 11.1. The summed E-state index contributed by atoms with van der Waals surface area (Å²) in [5.41, 5.74) is 4.22. The lowest BCUT2D eigenvalue weighted by Gasteiger charge is -2.17. The largest absolute Gasteiger partial charge is 0.472 e. The van der Waals surface area contributed by atoms with Gasteiger partial charge >= 0.3 is 6.18 Å². The predicted octanol–water partition coefficient (Wildman–Crippen LogP) is 2.19. The summed E-state index contributed by atoms with van der Waals surface area (Å²) in [6.07, 6.45) is -5.10. The highest BCUT2D eigenvalue weighted by Crippen LogP contribution is 2.30. The Labute approximate surface area is 114 Å². The number of rotatable bonds is 6. The maximum atomic E-state index is 12.6. The summed E-state index contributed by atoms with van der Waals surface area (Å²) in [6.45, 7) is 4.08. The van der Waals surface area contributed by atoms with Crippen LogP contribution in [0.25, 0.3) is 0 Å². The van der Waals surface area contributed by atoms with Gasteiger partial charge in [-0.25, -0.2) is 4.98 Å². The van der Waals surface area contributed by atoms with Crippen LogP contribution < -0.4 is 10.5 Å². The number of ether oxygens (including phenoxy) is 2. The van der Waals surface area contributed by atoms with Crippen LogP contribution in [0.15, 0.2) is 12.1 Å². The number of nitrogens with two attached hydrogens (primary N) is 1. The van der Waals surface area contributed by atoms with Crippen molar-refractivity contribution in [2.45, 2.75) is 26.1 Å². The average Bonchev–Trinajstić information content (AvgIpc) is 2.34.